The van der Waals surface area contributed by atoms with Crippen LogP contribution in [-0.2, 0) is 0 Å². The van der Waals surface area contributed by atoms with E-state index in [-0.39, 0.29) is 5.91 Å². The fourth-order valence-electron chi connectivity index (χ4n) is 1.53. The monoisotopic (exact) mass is 296 g/mol. The molecule has 0 fully saturated rings. The van der Waals surface area contributed by atoms with Crippen LogP contribution in [0.3, 0.4) is 0 Å². The highest BCUT2D eigenvalue weighted by molar-refractivity contribution is 7.13. The fourth-order valence-corrected chi connectivity index (χ4v) is 2.58. The summed E-state index contributed by atoms with van der Waals surface area (Å²) in [5, 5.41) is 3.03. The maximum absolute atomic E-state index is 11.8. The molecule has 0 radical (unpaired) electrons. The summed E-state index contributed by atoms with van der Waals surface area (Å²) in [6.45, 7) is 0. The number of ether oxygens (including phenoxy) is 1. The molecule has 1 aromatic heterocycles. The summed E-state index contributed by atoms with van der Waals surface area (Å²) in [5.41, 5.74) is 1.31. The summed E-state index contributed by atoms with van der Waals surface area (Å²) < 4.78 is 5.10. The van der Waals surface area contributed by atoms with Gasteiger partial charge in [-0.05, 0) is 18.2 Å². The Kier molecular flexibility index (Phi) is 4.07. The molecule has 100 valence electrons. The van der Waals surface area contributed by atoms with E-state index < -0.39 is 0 Å². The standard InChI is InChI=1S/C13H13ClN2O2S/c1-16(2)13(17)10-7-19-12(15-10)8-4-5-11(18-3)9(14)6-8/h4-7H,1-3H3. The van der Waals surface area contributed by atoms with Gasteiger partial charge in [0, 0.05) is 25.0 Å². The Balaban J connectivity index is 2.33. The molecule has 4 nitrogen and oxygen atoms in total. The second-order valence-corrected chi connectivity index (χ2v) is 5.35. The molecule has 1 aromatic carbocycles. The topological polar surface area (TPSA) is 42.4 Å². The molecule has 19 heavy (non-hydrogen) atoms. The summed E-state index contributed by atoms with van der Waals surface area (Å²) >= 11 is 7.49. The Hall–Kier alpha value is -1.59. The Labute approximate surface area is 120 Å². The number of aromatic nitrogens is 1. The largest absolute Gasteiger partial charge is 0.495 e. The van der Waals surface area contributed by atoms with Crippen LogP contribution in [0.15, 0.2) is 23.6 Å². The summed E-state index contributed by atoms with van der Waals surface area (Å²) in [7, 11) is 4.97. The van der Waals surface area contributed by atoms with Crippen molar-refractivity contribution in [1.29, 1.82) is 0 Å². The zero-order chi connectivity index (χ0) is 14.0. The predicted molar refractivity (Wildman–Crippen MR) is 77.1 cm³/mol. The van der Waals surface area contributed by atoms with E-state index in [4.69, 9.17) is 16.3 Å². The van der Waals surface area contributed by atoms with Crippen molar-refractivity contribution in [3.05, 3.63) is 34.3 Å². The van der Waals surface area contributed by atoms with Crippen LogP contribution in [0.1, 0.15) is 10.5 Å². The van der Waals surface area contributed by atoms with Crippen LogP contribution in [0.4, 0.5) is 0 Å². The number of thiazole rings is 1. The lowest BCUT2D eigenvalue weighted by atomic mass is 10.2. The molecule has 0 aliphatic rings. The molecule has 2 aromatic rings. The van der Waals surface area contributed by atoms with E-state index in [9.17, 15) is 4.79 Å². The Morgan fingerprint density at radius 3 is 2.74 bits per heavy atom. The highest BCUT2D eigenvalue weighted by Crippen LogP contribution is 2.31. The Morgan fingerprint density at radius 2 is 2.16 bits per heavy atom. The van der Waals surface area contributed by atoms with Crippen molar-refractivity contribution in [3.8, 4) is 16.3 Å². The molecule has 2 rings (SSSR count). The summed E-state index contributed by atoms with van der Waals surface area (Å²) in [6, 6.07) is 5.43. The van der Waals surface area contributed by atoms with Gasteiger partial charge in [-0.15, -0.1) is 11.3 Å². The Bertz CT molecular complexity index is 610. The van der Waals surface area contributed by atoms with Crippen LogP contribution in [0.5, 0.6) is 5.75 Å². The first-order chi connectivity index (χ1) is 9.02. The summed E-state index contributed by atoms with van der Waals surface area (Å²) in [6.07, 6.45) is 0. The second-order valence-electron chi connectivity index (χ2n) is 4.09. The van der Waals surface area contributed by atoms with Crippen LogP contribution in [-0.4, -0.2) is 37.0 Å². The number of benzene rings is 1. The quantitative estimate of drug-likeness (QED) is 0.873. The van der Waals surface area contributed by atoms with Gasteiger partial charge in [-0.1, -0.05) is 11.6 Å². The van der Waals surface area contributed by atoms with E-state index >= 15 is 0 Å². The highest BCUT2D eigenvalue weighted by atomic mass is 35.5. The number of halogens is 1. The van der Waals surface area contributed by atoms with Gasteiger partial charge in [0.25, 0.3) is 5.91 Å². The van der Waals surface area contributed by atoms with Gasteiger partial charge < -0.3 is 9.64 Å². The fraction of sp³-hybridized carbons (Fsp3) is 0.231. The number of hydrogen-bond acceptors (Lipinski definition) is 4. The minimum atomic E-state index is -0.109. The lowest BCUT2D eigenvalue weighted by molar-refractivity contribution is 0.0823. The van der Waals surface area contributed by atoms with Crippen LogP contribution in [0.25, 0.3) is 10.6 Å². The molecule has 0 aliphatic carbocycles. The molecule has 0 unspecified atom stereocenters. The Morgan fingerprint density at radius 1 is 1.42 bits per heavy atom. The van der Waals surface area contributed by atoms with E-state index in [1.807, 2.05) is 6.07 Å². The minimum absolute atomic E-state index is 0.109. The van der Waals surface area contributed by atoms with Gasteiger partial charge in [0.1, 0.15) is 16.5 Å². The zero-order valence-corrected chi connectivity index (χ0v) is 12.4. The number of methoxy groups -OCH3 is 1. The van der Waals surface area contributed by atoms with Gasteiger partial charge in [0.05, 0.1) is 12.1 Å². The van der Waals surface area contributed by atoms with Crippen molar-refractivity contribution >= 4 is 28.8 Å². The van der Waals surface area contributed by atoms with Crippen LogP contribution in [0.2, 0.25) is 5.02 Å². The third-order valence-electron chi connectivity index (χ3n) is 2.53. The van der Waals surface area contributed by atoms with Crippen molar-refractivity contribution in [1.82, 2.24) is 9.88 Å². The van der Waals surface area contributed by atoms with Crippen molar-refractivity contribution in [2.75, 3.05) is 21.2 Å². The number of hydrogen-bond donors (Lipinski definition) is 0. The molecule has 0 spiro atoms. The predicted octanol–water partition coefficient (Wildman–Crippen LogP) is 3.17. The lowest BCUT2D eigenvalue weighted by Crippen LogP contribution is -2.21. The van der Waals surface area contributed by atoms with E-state index in [2.05, 4.69) is 4.98 Å². The normalized spacial score (nSPS) is 10.3. The molecule has 0 aliphatic heterocycles. The molecular formula is C13H13ClN2O2S. The third kappa shape index (κ3) is 2.88. The molecule has 0 saturated heterocycles. The minimum Gasteiger partial charge on any atom is -0.495 e. The van der Waals surface area contributed by atoms with E-state index in [0.717, 1.165) is 10.6 Å². The number of carbonyl (C=O) groups is 1. The molecule has 1 amide bonds. The van der Waals surface area contributed by atoms with Crippen molar-refractivity contribution in [2.24, 2.45) is 0 Å². The molecule has 1 heterocycles. The van der Waals surface area contributed by atoms with Gasteiger partial charge in [-0.25, -0.2) is 4.98 Å². The lowest BCUT2D eigenvalue weighted by Gasteiger charge is -2.06. The average molecular weight is 297 g/mol. The van der Waals surface area contributed by atoms with Gasteiger partial charge in [-0.3, -0.25) is 4.79 Å². The highest BCUT2D eigenvalue weighted by Gasteiger charge is 2.14. The first kappa shape index (κ1) is 13.8. The summed E-state index contributed by atoms with van der Waals surface area (Å²) in [4.78, 5) is 17.6. The maximum Gasteiger partial charge on any atom is 0.272 e. The van der Waals surface area contributed by atoms with Gasteiger partial charge in [-0.2, -0.15) is 0 Å². The van der Waals surface area contributed by atoms with E-state index in [0.29, 0.717) is 16.5 Å². The SMILES string of the molecule is COc1ccc(-c2nc(C(=O)N(C)C)cs2)cc1Cl. The van der Waals surface area contributed by atoms with Crippen molar-refractivity contribution in [2.45, 2.75) is 0 Å². The van der Waals surface area contributed by atoms with Gasteiger partial charge in [0.2, 0.25) is 0 Å². The molecular weight excluding hydrogens is 284 g/mol. The molecule has 0 atom stereocenters. The van der Waals surface area contributed by atoms with Crippen LogP contribution >= 0.6 is 22.9 Å². The number of carbonyl (C=O) groups excluding carboxylic acids is 1. The first-order valence-corrected chi connectivity index (χ1v) is 6.79. The van der Waals surface area contributed by atoms with Crippen LogP contribution in [0, 0.1) is 0 Å². The smallest absolute Gasteiger partial charge is 0.272 e. The van der Waals surface area contributed by atoms with Crippen molar-refractivity contribution in [3.63, 3.8) is 0 Å². The number of rotatable bonds is 3. The van der Waals surface area contributed by atoms with Crippen LogP contribution < -0.4 is 4.74 Å². The third-order valence-corrected chi connectivity index (χ3v) is 3.71. The molecule has 0 bridgehead atoms. The zero-order valence-electron chi connectivity index (χ0n) is 10.8. The molecule has 6 heteroatoms. The number of amides is 1. The summed E-state index contributed by atoms with van der Waals surface area (Å²) in [5.74, 6) is 0.508. The first-order valence-electron chi connectivity index (χ1n) is 5.54. The maximum atomic E-state index is 11.8. The van der Waals surface area contributed by atoms with E-state index in [1.165, 1.54) is 16.2 Å². The average Bonchev–Trinajstić information content (AvgIpc) is 2.87. The van der Waals surface area contributed by atoms with Crippen molar-refractivity contribution < 1.29 is 9.53 Å². The number of nitrogens with zero attached hydrogens (tertiary/aromatic N) is 2. The van der Waals surface area contributed by atoms with E-state index in [1.54, 1.807) is 38.7 Å². The molecule has 0 N–H and O–H groups in total. The van der Waals surface area contributed by atoms with Gasteiger partial charge in [0.15, 0.2) is 0 Å². The molecule has 0 saturated carbocycles. The second kappa shape index (κ2) is 5.59. The van der Waals surface area contributed by atoms with Gasteiger partial charge >= 0.3 is 0 Å².